The zero-order chi connectivity index (χ0) is 18.9. The van der Waals surface area contributed by atoms with Crippen LogP contribution >= 0.6 is 0 Å². The number of likely N-dealkylation sites (tertiary alicyclic amines) is 1. The van der Waals surface area contributed by atoms with E-state index < -0.39 is 29.7 Å². The average Bonchev–Trinajstić information content (AvgIpc) is 2.52. The summed E-state index contributed by atoms with van der Waals surface area (Å²) in [5, 5.41) is 0. The molecule has 0 N–H and O–H groups in total. The van der Waals surface area contributed by atoms with Crippen LogP contribution in [0.4, 0.5) is 4.79 Å². The van der Waals surface area contributed by atoms with Crippen LogP contribution in [0.15, 0.2) is 24.5 Å². The fourth-order valence-electron chi connectivity index (χ4n) is 2.40. The Morgan fingerprint density at radius 3 is 2.55 bits per heavy atom. The maximum absolute atomic E-state index is 12.9. The van der Waals surface area contributed by atoms with E-state index in [0.717, 1.165) is 0 Å². The standard InChI is InChI=1S/C17H24N2O3/c1-16(2,3)22-15(21)19-10-7-17(4,8-11-19)14(20)13-6-5-9-18-12-13/h5-6,9,12H,7-8,10-11H2,1-4H3/i4D3. The molecule has 22 heavy (non-hydrogen) atoms. The van der Waals surface area contributed by atoms with E-state index in [9.17, 15) is 9.59 Å². The van der Waals surface area contributed by atoms with Crippen molar-refractivity contribution in [1.82, 2.24) is 9.88 Å². The van der Waals surface area contributed by atoms with Crippen LogP contribution in [0.25, 0.3) is 0 Å². The van der Waals surface area contributed by atoms with Crippen molar-refractivity contribution >= 4 is 11.9 Å². The third-order valence-electron chi connectivity index (χ3n) is 3.63. The molecule has 0 aromatic carbocycles. The number of hydrogen-bond acceptors (Lipinski definition) is 4. The van der Waals surface area contributed by atoms with E-state index >= 15 is 0 Å². The number of nitrogens with zero attached hydrogens (tertiary/aromatic N) is 2. The van der Waals surface area contributed by atoms with Gasteiger partial charge in [-0.3, -0.25) is 9.78 Å². The van der Waals surface area contributed by atoms with Crippen molar-refractivity contribution in [2.24, 2.45) is 5.41 Å². The molecule has 120 valence electrons. The number of aromatic nitrogens is 1. The summed E-state index contributed by atoms with van der Waals surface area (Å²) in [5.74, 6) is -0.440. The van der Waals surface area contributed by atoms with Gasteiger partial charge in [0, 0.05) is 40.6 Å². The molecule has 0 radical (unpaired) electrons. The number of carbonyl (C=O) groups excluding carboxylic acids is 2. The van der Waals surface area contributed by atoms with Crippen LogP contribution < -0.4 is 0 Å². The van der Waals surface area contributed by atoms with E-state index in [0.29, 0.717) is 0 Å². The zero-order valence-electron chi connectivity index (χ0n) is 16.3. The Morgan fingerprint density at radius 2 is 2.05 bits per heavy atom. The Kier molecular flexibility index (Phi) is 3.48. The third-order valence-corrected chi connectivity index (χ3v) is 3.63. The Bertz CT molecular complexity index is 631. The summed E-state index contributed by atoms with van der Waals surface area (Å²) in [6, 6.07) is 3.18. The van der Waals surface area contributed by atoms with Gasteiger partial charge in [0.25, 0.3) is 0 Å². The smallest absolute Gasteiger partial charge is 0.410 e. The lowest BCUT2D eigenvalue weighted by Gasteiger charge is -2.38. The van der Waals surface area contributed by atoms with Crippen LogP contribution in [0.1, 0.15) is 54.9 Å². The van der Waals surface area contributed by atoms with Crippen molar-refractivity contribution in [3.63, 3.8) is 0 Å². The number of ketones is 1. The van der Waals surface area contributed by atoms with Crippen LogP contribution in [0.5, 0.6) is 0 Å². The molecule has 0 aliphatic carbocycles. The van der Waals surface area contributed by atoms with E-state index in [2.05, 4.69) is 4.98 Å². The predicted octanol–water partition coefficient (Wildman–Crippen LogP) is 3.30. The summed E-state index contributed by atoms with van der Waals surface area (Å²) in [5.41, 5.74) is -1.85. The summed E-state index contributed by atoms with van der Waals surface area (Å²) >= 11 is 0. The number of carbonyl (C=O) groups is 2. The minimum atomic E-state index is -2.46. The van der Waals surface area contributed by atoms with E-state index in [1.165, 1.54) is 17.3 Å². The summed E-state index contributed by atoms with van der Waals surface area (Å²) in [6.45, 7) is 3.19. The van der Waals surface area contributed by atoms with Gasteiger partial charge < -0.3 is 9.64 Å². The lowest BCUT2D eigenvalue weighted by Crippen LogP contribution is -2.46. The Hall–Kier alpha value is -1.91. The monoisotopic (exact) mass is 307 g/mol. The first-order valence-corrected chi connectivity index (χ1v) is 7.39. The molecule has 2 heterocycles. The Morgan fingerprint density at radius 1 is 1.36 bits per heavy atom. The molecule has 1 aliphatic heterocycles. The second kappa shape index (κ2) is 6.07. The first kappa shape index (κ1) is 12.6. The molecule has 1 fully saturated rings. The number of hydrogen-bond donors (Lipinski definition) is 0. The molecular weight excluding hydrogens is 280 g/mol. The van der Waals surface area contributed by atoms with Crippen molar-refractivity contribution in [2.75, 3.05) is 13.1 Å². The quantitative estimate of drug-likeness (QED) is 0.787. The summed E-state index contributed by atoms with van der Waals surface area (Å²) in [4.78, 5) is 30.5. The molecule has 1 amide bonds. The second-order valence-corrected chi connectivity index (χ2v) is 6.62. The number of pyridine rings is 1. The molecule has 1 aliphatic rings. The molecule has 2 rings (SSSR count). The van der Waals surface area contributed by atoms with E-state index in [1.54, 1.807) is 32.9 Å². The lowest BCUT2D eigenvalue weighted by atomic mass is 9.75. The van der Waals surface area contributed by atoms with Gasteiger partial charge >= 0.3 is 6.09 Å². The lowest BCUT2D eigenvalue weighted by molar-refractivity contribution is 0.0122. The zero-order valence-corrected chi connectivity index (χ0v) is 13.3. The first-order valence-electron chi connectivity index (χ1n) is 8.89. The fourth-order valence-corrected chi connectivity index (χ4v) is 2.40. The van der Waals surface area contributed by atoms with Gasteiger partial charge in [0.05, 0.1) is 0 Å². The van der Waals surface area contributed by atoms with Gasteiger partial charge in [-0.05, 0) is 45.7 Å². The minimum absolute atomic E-state index is 0.0659. The third kappa shape index (κ3) is 3.84. The normalized spacial score (nSPS) is 20.5. The highest BCUT2D eigenvalue weighted by Gasteiger charge is 2.39. The summed E-state index contributed by atoms with van der Waals surface area (Å²) in [7, 11) is 0. The molecule has 5 heteroatoms. The van der Waals surface area contributed by atoms with E-state index in [1.807, 2.05) is 0 Å². The second-order valence-electron chi connectivity index (χ2n) is 6.62. The molecule has 1 aromatic rings. The van der Waals surface area contributed by atoms with E-state index in [-0.39, 0.29) is 31.5 Å². The van der Waals surface area contributed by atoms with E-state index in [4.69, 9.17) is 8.85 Å². The van der Waals surface area contributed by atoms with Gasteiger partial charge in [-0.2, -0.15) is 0 Å². The number of amides is 1. The van der Waals surface area contributed by atoms with Gasteiger partial charge in [-0.15, -0.1) is 0 Å². The minimum Gasteiger partial charge on any atom is -0.444 e. The van der Waals surface area contributed by atoms with Gasteiger partial charge in [-0.25, -0.2) is 4.79 Å². The van der Waals surface area contributed by atoms with Crippen LogP contribution in [0, 0.1) is 5.41 Å². The number of piperidine rings is 1. The van der Waals surface area contributed by atoms with Crippen molar-refractivity contribution in [3.05, 3.63) is 30.1 Å². The number of ether oxygens (including phenoxy) is 1. The first-order chi connectivity index (χ1) is 11.5. The largest absolute Gasteiger partial charge is 0.444 e. The van der Waals surface area contributed by atoms with Gasteiger partial charge in [0.15, 0.2) is 5.78 Å². The molecule has 0 saturated carbocycles. The maximum atomic E-state index is 12.9. The SMILES string of the molecule is [2H]C([2H])([2H])C1(C(=O)c2cccnc2)CCN(C(=O)OC(C)(C)C)CC1. The van der Waals surface area contributed by atoms with Crippen LogP contribution in [-0.4, -0.2) is 40.5 Å². The van der Waals surface area contributed by atoms with Crippen molar-refractivity contribution in [1.29, 1.82) is 0 Å². The molecule has 1 saturated heterocycles. The highest BCUT2D eigenvalue weighted by molar-refractivity contribution is 6.00. The Balaban J connectivity index is 2.20. The molecule has 0 unspecified atom stereocenters. The van der Waals surface area contributed by atoms with Crippen LogP contribution in [0.3, 0.4) is 0 Å². The summed E-state index contributed by atoms with van der Waals surface area (Å²) < 4.78 is 29.1. The highest BCUT2D eigenvalue weighted by atomic mass is 16.6. The average molecular weight is 307 g/mol. The van der Waals surface area contributed by atoms with Crippen molar-refractivity contribution < 1.29 is 18.4 Å². The number of Topliss-reactive ketones (excluding diaryl/α,β-unsaturated/α-hetero) is 1. The highest BCUT2D eigenvalue weighted by Crippen LogP contribution is 2.34. The van der Waals surface area contributed by atoms with Gasteiger partial charge in [-0.1, -0.05) is 6.85 Å². The Labute approximate surface area is 135 Å². The van der Waals surface area contributed by atoms with Crippen molar-refractivity contribution in [2.45, 2.75) is 46.1 Å². The van der Waals surface area contributed by atoms with Gasteiger partial charge in [0.1, 0.15) is 5.60 Å². The summed E-state index contributed by atoms with van der Waals surface area (Å²) in [6.07, 6.45) is 2.56. The molecule has 0 bridgehead atoms. The topological polar surface area (TPSA) is 59.5 Å². The number of rotatable bonds is 2. The molecule has 1 aromatic heterocycles. The van der Waals surface area contributed by atoms with Gasteiger partial charge in [0.2, 0.25) is 0 Å². The van der Waals surface area contributed by atoms with Crippen molar-refractivity contribution in [3.8, 4) is 0 Å². The molecule has 5 nitrogen and oxygen atoms in total. The molecule has 0 atom stereocenters. The molecule has 0 spiro atoms. The van der Waals surface area contributed by atoms with Crippen LogP contribution in [0.2, 0.25) is 0 Å². The van der Waals surface area contributed by atoms with Crippen LogP contribution in [-0.2, 0) is 4.74 Å². The maximum Gasteiger partial charge on any atom is 0.410 e. The predicted molar refractivity (Wildman–Crippen MR) is 83.7 cm³/mol. The molecular formula is C17H24N2O3. The fraction of sp³-hybridized carbons (Fsp3) is 0.588.